The maximum atomic E-state index is 11.0. The van der Waals surface area contributed by atoms with E-state index >= 15 is 0 Å². The molecule has 76 valence electrons. The quantitative estimate of drug-likeness (QED) is 0.621. The molecule has 2 rings (SSSR count). The fourth-order valence-corrected chi connectivity index (χ4v) is 2.13. The zero-order valence-corrected chi connectivity index (χ0v) is 10.9. The third-order valence-electron chi connectivity index (χ3n) is 2.03. The summed E-state index contributed by atoms with van der Waals surface area (Å²) >= 11 is 0. The fourth-order valence-electron chi connectivity index (χ4n) is 1.42. The van der Waals surface area contributed by atoms with E-state index in [1.54, 1.807) is 30.3 Å². The van der Waals surface area contributed by atoms with Crippen LogP contribution in [-0.2, 0) is 10.1 Å². The summed E-state index contributed by atoms with van der Waals surface area (Å²) in [5, 5.41) is 1.33. The third kappa shape index (κ3) is 2.71. The molecule has 0 atom stereocenters. The molecular formula is C10H10CaO3S. The van der Waals surface area contributed by atoms with Crippen LogP contribution in [0.2, 0.25) is 0 Å². The van der Waals surface area contributed by atoms with Gasteiger partial charge >= 0.3 is 37.7 Å². The van der Waals surface area contributed by atoms with Crippen LogP contribution in [-0.4, -0.2) is 50.7 Å². The predicted octanol–water partition coefficient (Wildman–Crippen LogP) is 1.93. The molecule has 0 heterocycles. The zero-order chi connectivity index (χ0) is 10.2. The summed E-state index contributed by atoms with van der Waals surface area (Å²) in [6, 6.07) is 11.8. The maximum Gasteiger partial charge on any atom is 2.00 e. The van der Waals surface area contributed by atoms with Gasteiger partial charge < -0.3 is 2.85 Å². The minimum absolute atomic E-state index is 0. The van der Waals surface area contributed by atoms with Gasteiger partial charge in [-0.25, -0.2) is 0 Å². The van der Waals surface area contributed by atoms with Gasteiger partial charge in [0.1, 0.15) is 4.90 Å². The van der Waals surface area contributed by atoms with Crippen molar-refractivity contribution in [1.29, 1.82) is 0 Å². The third-order valence-corrected chi connectivity index (χ3v) is 2.94. The van der Waals surface area contributed by atoms with Gasteiger partial charge in [-0.1, -0.05) is 36.4 Å². The smallest absolute Gasteiger partial charge is 1.00 e. The van der Waals surface area contributed by atoms with Crippen molar-refractivity contribution in [2.75, 3.05) is 0 Å². The number of fused-ring (bicyclic) bond motifs is 1. The van der Waals surface area contributed by atoms with Crippen molar-refractivity contribution in [3.05, 3.63) is 42.5 Å². The molecule has 0 radical (unpaired) electrons. The molecule has 0 saturated carbocycles. The van der Waals surface area contributed by atoms with Gasteiger partial charge in [0, 0.05) is 5.39 Å². The van der Waals surface area contributed by atoms with Crippen LogP contribution >= 0.6 is 0 Å². The topological polar surface area (TPSA) is 54.4 Å². The Labute approximate surface area is 121 Å². The van der Waals surface area contributed by atoms with E-state index in [1.807, 2.05) is 6.07 Å². The predicted molar refractivity (Wildman–Crippen MR) is 61.7 cm³/mol. The van der Waals surface area contributed by atoms with Crippen molar-refractivity contribution in [1.82, 2.24) is 0 Å². The SMILES string of the molecule is O=S(=O)(O)c1cccc2ccccc12.[Ca+2].[H-].[H-]. The molecule has 0 bridgehead atoms. The van der Waals surface area contributed by atoms with E-state index in [2.05, 4.69) is 0 Å². The van der Waals surface area contributed by atoms with E-state index in [-0.39, 0.29) is 45.5 Å². The van der Waals surface area contributed by atoms with Gasteiger partial charge in [-0.05, 0) is 11.5 Å². The van der Waals surface area contributed by atoms with Gasteiger partial charge in [0.15, 0.2) is 0 Å². The van der Waals surface area contributed by atoms with Crippen LogP contribution in [0, 0.1) is 0 Å². The van der Waals surface area contributed by atoms with E-state index in [0.717, 1.165) is 5.39 Å². The molecule has 0 aliphatic carbocycles. The molecule has 1 N–H and O–H groups in total. The average molecular weight is 250 g/mol. The summed E-state index contributed by atoms with van der Waals surface area (Å²) in [6.07, 6.45) is 0. The Bertz CT molecular complexity index is 582. The Balaban J connectivity index is 0. The van der Waals surface area contributed by atoms with Gasteiger partial charge in [0.05, 0.1) is 0 Å². The first-order valence-electron chi connectivity index (χ1n) is 4.04. The molecule has 15 heavy (non-hydrogen) atoms. The van der Waals surface area contributed by atoms with E-state index < -0.39 is 10.1 Å². The molecule has 0 spiro atoms. The summed E-state index contributed by atoms with van der Waals surface area (Å²) in [5.41, 5.74) is 0. The first-order chi connectivity index (χ1) is 6.59. The summed E-state index contributed by atoms with van der Waals surface area (Å²) in [7, 11) is -4.13. The van der Waals surface area contributed by atoms with Crippen LogP contribution in [0.1, 0.15) is 2.85 Å². The second-order valence-electron chi connectivity index (χ2n) is 2.95. The van der Waals surface area contributed by atoms with Crippen LogP contribution in [0.25, 0.3) is 10.8 Å². The van der Waals surface area contributed by atoms with Crippen molar-refractivity contribution in [3.8, 4) is 0 Å². The van der Waals surface area contributed by atoms with Crippen LogP contribution < -0.4 is 0 Å². The monoisotopic (exact) mass is 250 g/mol. The van der Waals surface area contributed by atoms with Crippen LogP contribution in [0.15, 0.2) is 47.4 Å². The van der Waals surface area contributed by atoms with E-state index in [9.17, 15) is 8.42 Å². The Morgan fingerprint density at radius 2 is 1.60 bits per heavy atom. The second-order valence-corrected chi connectivity index (χ2v) is 4.34. The fraction of sp³-hybridized carbons (Fsp3) is 0. The van der Waals surface area contributed by atoms with Gasteiger partial charge in [-0.2, -0.15) is 8.42 Å². The minimum atomic E-state index is -4.13. The Hall–Kier alpha value is -0.130. The molecule has 5 heteroatoms. The van der Waals surface area contributed by atoms with Gasteiger partial charge in [0.25, 0.3) is 10.1 Å². The molecule has 0 aliphatic rings. The van der Waals surface area contributed by atoms with E-state index in [4.69, 9.17) is 4.55 Å². The molecule has 0 amide bonds. The molecule has 2 aromatic rings. The summed E-state index contributed by atoms with van der Waals surface area (Å²) in [4.78, 5) is -0.0457. The van der Waals surface area contributed by atoms with Gasteiger partial charge in [-0.15, -0.1) is 0 Å². The number of benzene rings is 2. The summed E-state index contributed by atoms with van der Waals surface area (Å²) < 4.78 is 31.0. The molecule has 0 fully saturated rings. The molecular weight excluding hydrogens is 240 g/mol. The number of hydrogen-bond acceptors (Lipinski definition) is 2. The van der Waals surface area contributed by atoms with Crippen molar-refractivity contribution in [2.24, 2.45) is 0 Å². The Morgan fingerprint density at radius 1 is 1.00 bits per heavy atom. The van der Waals surface area contributed by atoms with Gasteiger partial charge in [-0.3, -0.25) is 4.55 Å². The molecule has 3 nitrogen and oxygen atoms in total. The maximum absolute atomic E-state index is 11.0. The molecule has 0 aromatic heterocycles. The van der Waals surface area contributed by atoms with E-state index in [0.29, 0.717) is 5.39 Å². The van der Waals surface area contributed by atoms with Crippen LogP contribution in [0.5, 0.6) is 0 Å². The first kappa shape index (κ1) is 12.9. The minimum Gasteiger partial charge on any atom is -1.00 e. The zero-order valence-electron chi connectivity index (χ0n) is 9.92. The number of hydrogen-bond donors (Lipinski definition) is 1. The van der Waals surface area contributed by atoms with Gasteiger partial charge in [0.2, 0.25) is 0 Å². The van der Waals surface area contributed by atoms with Crippen LogP contribution in [0.3, 0.4) is 0 Å². The largest absolute Gasteiger partial charge is 2.00 e. The first-order valence-corrected chi connectivity index (χ1v) is 5.48. The molecule has 0 aliphatic heterocycles. The second kappa shape index (κ2) is 4.80. The Kier molecular flexibility index (Phi) is 4.14. The molecule has 2 aromatic carbocycles. The van der Waals surface area contributed by atoms with Crippen molar-refractivity contribution in [3.63, 3.8) is 0 Å². The van der Waals surface area contributed by atoms with Crippen molar-refractivity contribution in [2.45, 2.75) is 4.90 Å². The Morgan fingerprint density at radius 3 is 2.27 bits per heavy atom. The summed E-state index contributed by atoms with van der Waals surface area (Å²) in [5.74, 6) is 0. The van der Waals surface area contributed by atoms with Crippen molar-refractivity contribution < 1.29 is 15.8 Å². The summed E-state index contributed by atoms with van der Waals surface area (Å²) in [6.45, 7) is 0. The normalized spacial score (nSPS) is 11.0. The van der Waals surface area contributed by atoms with Crippen LogP contribution in [0.4, 0.5) is 0 Å². The number of rotatable bonds is 1. The average Bonchev–Trinajstić information content (AvgIpc) is 2.15. The van der Waals surface area contributed by atoms with E-state index in [1.165, 1.54) is 6.07 Å². The molecule has 0 unspecified atom stereocenters. The van der Waals surface area contributed by atoms with Crippen molar-refractivity contribution >= 4 is 58.6 Å². The molecule has 0 saturated heterocycles. The standard InChI is InChI=1S/C10H8O3S.Ca.2H/c11-14(12,13)10-7-3-5-8-4-1-2-6-9(8)10;;;/h1-7H,(H,11,12,13);;;/q;+2;2*-1.